The van der Waals surface area contributed by atoms with Crippen LogP contribution in [0, 0.1) is 0 Å². The van der Waals surface area contributed by atoms with E-state index in [0.717, 1.165) is 11.1 Å². The van der Waals surface area contributed by atoms with E-state index in [-0.39, 0.29) is 5.91 Å². The number of aromatic nitrogens is 2. The van der Waals surface area contributed by atoms with Gasteiger partial charge in [0.25, 0.3) is 0 Å². The zero-order chi connectivity index (χ0) is 17.6. The molecule has 0 unspecified atom stereocenters. The maximum Gasteiger partial charge on any atom is 0.236 e. The van der Waals surface area contributed by atoms with Crippen molar-refractivity contribution in [3.63, 3.8) is 0 Å². The number of carbonyl (C=O) groups excluding carboxylic acids is 1. The normalized spacial score (nSPS) is 10.5. The van der Waals surface area contributed by atoms with Gasteiger partial charge in [0.05, 0.1) is 24.0 Å². The van der Waals surface area contributed by atoms with Crippen LogP contribution in [-0.4, -0.2) is 30.0 Å². The van der Waals surface area contributed by atoms with Crippen LogP contribution in [0.3, 0.4) is 0 Å². The molecule has 1 heterocycles. The molecular formula is C20H20N4O. The monoisotopic (exact) mass is 332 g/mol. The topological polar surface area (TPSA) is 58.1 Å². The van der Waals surface area contributed by atoms with Crippen LogP contribution in [0.4, 0.5) is 11.6 Å². The number of rotatable bonds is 5. The van der Waals surface area contributed by atoms with Crippen LogP contribution in [-0.2, 0) is 4.79 Å². The van der Waals surface area contributed by atoms with Gasteiger partial charge in [-0.25, -0.2) is 9.97 Å². The molecule has 0 fully saturated rings. The second kappa shape index (κ2) is 7.57. The van der Waals surface area contributed by atoms with Crippen LogP contribution >= 0.6 is 0 Å². The summed E-state index contributed by atoms with van der Waals surface area (Å²) >= 11 is 0. The molecule has 25 heavy (non-hydrogen) atoms. The Labute approximate surface area is 147 Å². The van der Waals surface area contributed by atoms with Gasteiger partial charge in [-0.15, -0.1) is 0 Å². The SMILES string of the molecule is CN(C)c1ncc(NC(=O)C(c2ccccc2)c2ccccc2)cn1. The average molecular weight is 332 g/mol. The molecule has 1 amide bonds. The molecule has 0 atom stereocenters. The van der Waals surface area contributed by atoms with Crippen molar-refractivity contribution in [3.8, 4) is 0 Å². The smallest absolute Gasteiger partial charge is 0.236 e. The van der Waals surface area contributed by atoms with Crippen LogP contribution in [0.1, 0.15) is 17.0 Å². The molecule has 0 radical (unpaired) electrons. The van der Waals surface area contributed by atoms with Crippen molar-refractivity contribution in [2.45, 2.75) is 5.92 Å². The van der Waals surface area contributed by atoms with Gasteiger partial charge in [0.15, 0.2) is 0 Å². The molecule has 126 valence electrons. The quantitative estimate of drug-likeness (QED) is 0.779. The van der Waals surface area contributed by atoms with Gasteiger partial charge in [-0.3, -0.25) is 4.79 Å². The summed E-state index contributed by atoms with van der Waals surface area (Å²) in [5.74, 6) is 0.0928. The average Bonchev–Trinajstić information content (AvgIpc) is 2.64. The van der Waals surface area contributed by atoms with Crippen molar-refractivity contribution in [2.75, 3.05) is 24.3 Å². The van der Waals surface area contributed by atoms with Gasteiger partial charge in [-0.2, -0.15) is 0 Å². The predicted molar refractivity (Wildman–Crippen MR) is 99.7 cm³/mol. The molecule has 3 aromatic rings. The van der Waals surface area contributed by atoms with Crippen molar-refractivity contribution in [2.24, 2.45) is 0 Å². The standard InChI is InChI=1S/C20H20N4O/c1-24(2)20-21-13-17(14-22-20)23-19(25)18(15-9-5-3-6-10-15)16-11-7-4-8-12-16/h3-14,18H,1-2H3,(H,23,25). The fraction of sp³-hybridized carbons (Fsp3) is 0.150. The summed E-state index contributed by atoms with van der Waals surface area (Å²) in [6.45, 7) is 0. The van der Waals surface area contributed by atoms with Crippen molar-refractivity contribution in [1.82, 2.24) is 9.97 Å². The van der Waals surface area contributed by atoms with E-state index in [1.165, 1.54) is 0 Å². The van der Waals surface area contributed by atoms with E-state index in [9.17, 15) is 4.79 Å². The fourth-order valence-corrected chi connectivity index (χ4v) is 2.62. The van der Waals surface area contributed by atoms with Crippen LogP contribution < -0.4 is 10.2 Å². The largest absolute Gasteiger partial charge is 0.347 e. The van der Waals surface area contributed by atoms with Crippen molar-refractivity contribution in [3.05, 3.63) is 84.2 Å². The Morgan fingerprint density at radius 3 is 1.80 bits per heavy atom. The molecule has 2 aromatic carbocycles. The molecule has 0 spiro atoms. The lowest BCUT2D eigenvalue weighted by atomic mass is 9.90. The molecule has 0 saturated heterocycles. The first-order valence-corrected chi connectivity index (χ1v) is 8.05. The summed E-state index contributed by atoms with van der Waals surface area (Å²) < 4.78 is 0. The number of benzene rings is 2. The number of anilines is 2. The summed E-state index contributed by atoms with van der Waals surface area (Å²) in [6, 6.07) is 19.5. The molecular weight excluding hydrogens is 312 g/mol. The third kappa shape index (κ3) is 4.01. The highest BCUT2D eigenvalue weighted by Crippen LogP contribution is 2.26. The van der Waals surface area contributed by atoms with Crippen LogP contribution in [0.25, 0.3) is 0 Å². The second-order valence-corrected chi connectivity index (χ2v) is 5.91. The Hall–Kier alpha value is -3.21. The van der Waals surface area contributed by atoms with E-state index in [1.807, 2.05) is 79.7 Å². The van der Waals surface area contributed by atoms with Crippen molar-refractivity contribution >= 4 is 17.5 Å². The number of hydrogen-bond donors (Lipinski definition) is 1. The summed E-state index contributed by atoms with van der Waals surface area (Å²) in [6.07, 6.45) is 3.24. The molecule has 3 rings (SSSR count). The first-order chi connectivity index (χ1) is 12.1. The Morgan fingerprint density at radius 1 is 0.880 bits per heavy atom. The zero-order valence-corrected chi connectivity index (χ0v) is 14.3. The minimum atomic E-state index is -0.393. The molecule has 0 aliphatic rings. The Bertz CT molecular complexity index is 778. The molecule has 5 nitrogen and oxygen atoms in total. The van der Waals surface area contributed by atoms with Crippen molar-refractivity contribution in [1.29, 1.82) is 0 Å². The van der Waals surface area contributed by atoms with E-state index >= 15 is 0 Å². The van der Waals surface area contributed by atoms with Gasteiger partial charge in [0, 0.05) is 14.1 Å². The summed E-state index contributed by atoms with van der Waals surface area (Å²) in [4.78, 5) is 23.2. The highest BCUT2D eigenvalue weighted by molar-refractivity contribution is 5.98. The second-order valence-electron chi connectivity index (χ2n) is 5.91. The lowest BCUT2D eigenvalue weighted by Gasteiger charge is -2.18. The number of carbonyl (C=O) groups is 1. The van der Waals surface area contributed by atoms with Gasteiger partial charge in [0.2, 0.25) is 11.9 Å². The van der Waals surface area contributed by atoms with Gasteiger partial charge < -0.3 is 10.2 Å². The molecule has 0 bridgehead atoms. The van der Waals surface area contributed by atoms with E-state index in [2.05, 4.69) is 15.3 Å². The fourth-order valence-electron chi connectivity index (χ4n) is 2.62. The van der Waals surface area contributed by atoms with E-state index in [0.29, 0.717) is 11.6 Å². The molecule has 1 N–H and O–H groups in total. The van der Waals surface area contributed by atoms with Crippen molar-refractivity contribution < 1.29 is 4.79 Å². The van der Waals surface area contributed by atoms with E-state index < -0.39 is 5.92 Å². The first kappa shape index (κ1) is 16.6. The molecule has 0 aliphatic heterocycles. The molecule has 1 aromatic heterocycles. The number of nitrogens with zero attached hydrogens (tertiary/aromatic N) is 3. The number of nitrogens with one attached hydrogen (secondary N) is 1. The van der Waals surface area contributed by atoms with E-state index in [1.54, 1.807) is 12.4 Å². The van der Waals surface area contributed by atoms with Gasteiger partial charge in [0.1, 0.15) is 0 Å². The minimum absolute atomic E-state index is 0.112. The van der Waals surface area contributed by atoms with Gasteiger partial charge in [-0.05, 0) is 11.1 Å². The minimum Gasteiger partial charge on any atom is -0.347 e. The summed E-state index contributed by atoms with van der Waals surface area (Å²) in [5.41, 5.74) is 2.46. The number of hydrogen-bond acceptors (Lipinski definition) is 4. The van der Waals surface area contributed by atoms with Crippen LogP contribution in [0.5, 0.6) is 0 Å². The maximum absolute atomic E-state index is 13.0. The lowest BCUT2D eigenvalue weighted by Crippen LogP contribution is -2.22. The maximum atomic E-state index is 13.0. The van der Waals surface area contributed by atoms with Crippen LogP contribution in [0.15, 0.2) is 73.1 Å². The highest BCUT2D eigenvalue weighted by atomic mass is 16.1. The highest BCUT2D eigenvalue weighted by Gasteiger charge is 2.22. The third-order valence-corrected chi connectivity index (χ3v) is 3.83. The Kier molecular flexibility index (Phi) is 5.04. The first-order valence-electron chi connectivity index (χ1n) is 8.05. The Balaban J connectivity index is 1.87. The molecule has 0 aliphatic carbocycles. The summed E-state index contributed by atoms with van der Waals surface area (Å²) in [5, 5.41) is 2.92. The lowest BCUT2D eigenvalue weighted by molar-refractivity contribution is -0.116. The van der Waals surface area contributed by atoms with E-state index in [4.69, 9.17) is 0 Å². The van der Waals surface area contributed by atoms with Crippen LogP contribution in [0.2, 0.25) is 0 Å². The number of amides is 1. The Morgan fingerprint density at radius 2 is 1.36 bits per heavy atom. The zero-order valence-electron chi connectivity index (χ0n) is 14.3. The predicted octanol–water partition coefficient (Wildman–Crippen LogP) is 3.31. The van der Waals surface area contributed by atoms with Gasteiger partial charge in [-0.1, -0.05) is 60.7 Å². The molecule has 5 heteroatoms. The summed E-state index contributed by atoms with van der Waals surface area (Å²) in [7, 11) is 3.74. The molecule has 0 saturated carbocycles. The third-order valence-electron chi connectivity index (χ3n) is 3.83. The van der Waals surface area contributed by atoms with Gasteiger partial charge >= 0.3 is 0 Å².